The number of aromatic nitrogens is 1. The Morgan fingerprint density at radius 2 is 1.81 bits per heavy atom. The Kier molecular flexibility index (Phi) is 6.48. The van der Waals surface area contributed by atoms with Crippen LogP contribution in [0.25, 0.3) is 11.1 Å². The van der Waals surface area contributed by atoms with E-state index in [1.807, 2.05) is 0 Å². The lowest BCUT2D eigenvalue weighted by Crippen LogP contribution is -2.06. The maximum absolute atomic E-state index is 12.1. The summed E-state index contributed by atoms with van der Waals surface area (Å²) in [5.74, 6) is 0.770. The summed E-state index contributed by atoms with van der Waals surface area (Å²) in [6, 6.07) is 3.51. The molecule has 26 heavy (non-hydrogen) atoms. The van der Waals surface area contributed by atoms with Crippen LogP contribution in [0.15, 0.2) is 12.1 Å². The van der Waals surface area contributed by atoms with Gasteiger partial charge in [-0.25, -0.2) is 4.79 Å². The highest BCUT2D eigenvalue weighted by Gasteiger charge is 2.27. The fraction of sp³-hybridized carbons (Fsp3) is 0.389. The van der Waals surface area contributed by atoms with Crippen molar-refractivity contribution in [1.82, 2.24) is 4.98 Å². The zero-order chi connectivity index (χ0) is 19.3. The molecule has 1 aromatic heterocycles. The van der Waals surface area contributed by atoms with Gasteiger partial charge in [0.25, 0.3) is 0 Å². The lowest BCUT2D eigenvalue weighted by Gasteiger charge is -2.17. The van der Waals surface area contributed by atoms with Gasteiger partial charge in [0.05, 0.1) is 35.0 Å². The molecule has 0 amide bonds. The second-order valence-corrected chi connectivity index (χ2v) is 5.40. The monoisotopic (exact) mass is 364 g/mol. The Labute approximate surface area is 151 Å². The molecule has 0 saturated carbocycles. The average Bonchev–Trinajstić information content (AvgIpc) is 3.04. The number of aliphatic hydroxyl groups is 1. The van der Waals surface area contributed by atoms with Gasteiger partial charge in [0.2, 0.25) is 5.75 Å². The predicted molar refractivity (Wildman–Crippen MR) is 95.9 cm³/mol. The number of hydrogen-bond acceptors (Lipinski definition) is 7. The van der Waals surface area contributed by atoms with Crippen molar-refractivity contribution in [2.45, 2.75) is 13.0 Å². The van der Waals surface area contributed by atoms with Gasteiger partial charge in [0, 0.05) is 28.8 Å². The summed E-state index contributed by atoms with van der Waals surface area (Å²) < 4.78 is 21.1. The number of ether oxygens (including phenoxy) is 4. The van der Waals surface area contributed by atoms with Crippen molar-refractivity contribution in [2.24, 2.45) is 5.73 Å². The van der Waals surface area contributed by atoms with Crippen LogP contribution in [-0.4, -0.2) is 51.0 Å². The van der Waals surface area contributed by atoms with Gasteiger partial charge in [-0.1, -0.05) is 0 Å². The van der Waals surface area contributed by atoms with Gasteiger partial charge in [-0.05, 0) is 18.7 Å². The number of aliphatic hydroxyl groups excluding tert-OH is 1. The van der Waals surface area contributed by atoms with Crippen LogP contribution in [0.5, 0.6) is 17.2 Å². The second-order valence-electron chi connectivity index (χ2n) is 5.40. The molecule has 8 heteroatoms. The summed E-state index contributed by atoms with van der Waals surface area (Å²) in [4.78, 5) is 15.1. The minimum Gasteiger partial charge on any atom is -0.493 e. The summed E-state index contributed by atoms with van der Waals surface area (Å²) in [7, 11) is 5.83. The molecule has 2 rings (SSSR count). The number of methoxy groups -OCH3 is 4. The summed E-state index contributed by atoms with van der Waals surface area (Å²) >= 11 is 0. The van der Waals surface area contributed by atoms with Crippen LogP contribution in [0.2, 0.25) is 0 Å². The van der Waals surface area contributed by atoms with Crippen LogP contribution in [0, 0.1) is 0 Å². The van der Waals surface area contributed by atoms with Gasteiger partial charge in [0.15, 0.2) is 11.5 Å². The fourth-order valence-electron chi connectivity index (χ4n) is 2.99. The Morgan fingerprint density at radius 1 is 1.12 bits per heavy atom. The summed E-state index contributed by atoms with van der Waals surface area (Å²) in [5.41, 5.74) is 8.28. The number of hydrogen-bond donors (Lipinski definition) is 3. The molecule has 8 nitrogen and oxygen atoms in total. The van der Waals surface area contributed by atoms with E-state index >= 15 is 0 Å². The van der Waals surface area contributed by atoms with Crippen molar-refractivity contribution < 1.29 is 28.8 Å². The predicted octanol–water partition coefficient (Wildman–Crippen LogP) is 1.49. The van der Waals surface area contributed by atoms with E-state index in [2.05, 4.69) is 4.98 Å². The molecule has 0 aliphatic heterocycles. The van der Waals surface area contributed by atoms with Gasteiger partial charge in [-0.3, -0.25) is 0 Å². The molecule has 4 N–H and O–H groups in total. The van der Waals surface area contributed by atoms with Crippen molar-refractivity contribution >= 4 is 5.97 Å². The number of esters is 1. The Balaban J connectivity index is 2.82. The molecule has 0 atom stereocenters. The SMILES string of the molecule is COC(=O)c1[nH]c(CCN)c(-c2ccc(OC)c(OC)c2OC)c1CO. The molecule has 0 unspecified atom stereocenters. The molecule has 0 aliphatic carbocycles. The third kappa shape index (κ3) is 3.33. The molecule has 0 aliphatic rings. The highest BCUT2D eigenvalue weighted by atomic mass is 16.5. The highest BCUT2D eigenvalue weighted by molar-refractivity contribution is 5.94. The zero-order valence-electron chi connectivity index (χ0n) is 15.3. The molecular formula is C18H24N2O6. The Hall–Kier alpha value is -2.71. The van der Waals surface area contributed by atoms with E-state index in [9.17, 15) is 9.90 Å². The van der Waals surface area contributed by atoms with E-state index in [1.54, 1.807) is 12.1 Å². The van der Waals surface area contributed by atoms with Crippen molar-refractivity contribution in [1.29, 1.82) is 0 Å². The molecular weight excluding hydrogens is 340 g/mol. The van der Waals surface area contributed by atoms with E-state index in [4.69, 9.17) is 24.7 Å². The normalized spacial score (nSPS) is 10.5. The summed E-state index contributed by atoms with van der Waals surface area (Å²) in [5, 5.41) is 9.92. The summed E-state index contributed by atoms with van der Waals surface area (Å²) in [6.07, 6.45) is 0.469. The first-order chi connectivity index (χ1) is 12.6. The first kappa shape index (κ1) is 19.6. The fourth-order valence-corrected chi connectivity index (χ4v) is 2.99. The van der Waals surface area contributed by atoms with Crippen molar-refractivity contribution in [3.8, 4) is 28.4 Å². The van der Waals surface area contributed by atoms with Gasteiger partial charge in [-0.2, -0.15) is 0 Å². The molecule has 1 aromatic carbocycles. The van der Waals surface area contributed by atoms with Gasteiger partial charge >= 0.3 is 5.97 Å². The minimum atomic E-state index is -0.571. The third-order valence-electron chi connectivity index (χ3n) is 4.10. The minimum absolute atomic E-state index is 0.185. The quantitative estimate of drug-likeness (QED) is 0.608. The van der Waals surface area contributed by atoms with Gasteiger partial charge in [0.1, 0.15) is 5.69 Å². The molecule has 142 valence electrons. The first-order valence-electron chi connectivity index (χ1n) is 8.00. The topological polar surface area (TPSA) is 116 Å². The van der Waals surface area contributed by atoms with E-state index in [-0.39, 0.29) is 12.3 Å². The number of benzene rings is 1. The van der Waals surface area contributed by atoms with Crippen molar-refractivity contribution in [3.05, 3.63) is 29.1 Å². The Morgan fingerprint density at radius 3 is 2.31 bits per heavy atom. The third-order valence-corrected chi connectivity index (χ3v) is 4.10. The highest BCUT2D eigenvalue weighted by Crippen LogP contribution is 2.46. The summed E-state index contributed by atoms with van der Waals surface area (Å²) in [6.45, 7) is -0.00701. The molecule has 0 spiro atoms. The molecule has 0 radical (unpaired) electrons. The first-order valence-corrected chi connectivity index (χ1v) is 8.00. The van der Waals surface area contributed by atoms with Crippen LogP contribution in [0.3, 0.4) is 0 Å². The molecule has 0 bridgehead atoms. The number of rotatable bonds is 8. The van der Waals surface area contributed by atoms with Gasteiger partial charge in [-0.15, -0.1) is 0 Å². The van der Waals surface area contributed by atoms with Crippen LogP contribution in [-0.2, 0) is 17.8 Å². The van der Waals surface area contributed by atoms with E-state index in [0.717, 1.165) is 0 Å². The second kappa shape index (κ2) is 8.59. The smallest absolute Gasteiger partial charge is 0.354 e. The van der Waals surface area contributed by atoms with Crippen LogP contribution in [0.1, 0.15) is 21.7 Å². The molecule has 1 heterocycles. The Bertz CT molecular complexity index is 784. The largest absolute Gasteiger partial charge is 0.493 e. The van der Waals surface area contributed by atoms with Gasteiger partial charge < -0.3 is 34.8 Å². The number of aromatic amines is 1. The maximum atomic E-state index is 12.1. The molecule has 2 aromatic rings. The van der Waals surface area contributed by atoms with Crippen LogP contribution >= 0.6 is 0 Å². The number of carbonyl (C=O) groups is 1. The molecule has 0 fully saturated rings. The standard InChI is InChI=1S/C18H24N2O6/c1-23-13-6-5-10(16(24-2)17(13)25-3)14-11(9-21)15(18(22)26-4)20-12(14)7-8-19/h5-6,20-21H,7-9,19H2,1-4H3. The lowest BCUT2D eigenvalue weighted by atomic mass is 9.97. The zero-order valence-corrected chi connectivity index (χ0v) is 15.3. The maximum Gasteiger partial charge on any atom is 0.354 e. The average molecular weight is 364 g/mol. The van der Waals surface area contributed by atoms with Crippen molar-refractivity contribution in [2.75, 3.05) is 35.0 Å². The van der Waals surface area contributed by atoms with Crippen LogP contribution in [0.4, 0.5) is 0 Å². The number of H-pyrrole nitrogens is 1. The number of nitrogens with one attached hydrogen (secondary N) is 1. The number of carbonyl (C=O) groups excluding carboxylic acids is 1. The van der Waals surface area contributed by atoms with Crippen LogP contribution < -0.4 is 19.9 Å². The lowest BCUT2D eigenvalue weighted by molar-refractivity contribution is 0.0591. The molecule has 0 saturated heterocycles. The van der Waals surface area contributed by atoms with E-state index in [1.165, 1.54) is 28.4 Å². The van der Waals surface area contributed by atoms with E-state index < -0.39 is 5.97 Å². The number of nitrogens with two attached hydrogens (primary N) is 1. The van der Waals surface area contributed by atoms with Crippen molar-refractivity contribution in [3.63, 3.8) is 0 Å². The van der Waals surface area contributed by atoms with E-state index in [0.29, 0.717) is 52.6 Å².